The van der Waals surface area contributed by atoms with Crippen molar-refractivity contribution in [3.8, 4) is 5.75 Å². The Morgan fingerprint density at radius 3 is 2.69 bits per heavy atom. The number of phenols is 1. The molecule has 1 atom stereocenters. The third-order valence-electron chi connectivity index (χ3n) is 5.89. The van der Waals surface area contributed by atoms with Gasteiger partial charge < -0.3 is 14.7 Å². The number of morpholine rings is 1. The molecule has 0 unspecified atom stereocenters. The van der Waals surface area contributed by atoms with Crippen molar-refractivity contribution in [2.75, 3.05) is 44.9 Å². The van der Waals surface area contributed by atoms with E-state index in [1.165, 1.54) is 0 Å². The molecule has 2 heterocycles. The zero-order chi connectivity index (χ0) is 20.6. The number of benzene rings is 2. The summed E-state index contributed by atoms with van der Waals surface area (Å²) >= 11 is 0. The SMILES string of the molecule is CN(Cc1c(O)c(C(=O)N2CCOCC2)cc2ccccc12)[C@H]1CCS(=O)(=O)C1. The molecule has 0 aromatic heterocycles. The molecule has 1 amide bonds. The molecule has 7 nitrogen and oxygen atoms in total. The molecule has 0 aliphatic carbocycles. The van der Waals surface area contributed by atoms with Crippen LogP contribution in [0.5, 0.6) is 5.75 Å². The van der Waals surface area contributed by atoms with Crippen molar-refractivity contribution in [1.29, 1.82) is 0 Å². The van der Waals surface area contributed by atoms with Gasteiger partial charge in [0.15, 0.2) is 9.84 Å². The highest BCUT2D eigenvalue weighted by atomic mass is 32.2. The van der Waals surface area contributed by atoms with Gasteiger partial charge in [0.05, 0.1) is 30.3 Å². The molecule has 2 aromatic rings. The Bertz CT molecular complexity index is 1030. The van der Waals surface area contributed by atoms with E-state index in [0.717, 1.165) is 10.8 Å². The van der Waals surface area contributed by atoms with Crippen LogP contribution >= 0.6 is 0 Å². The van der Waals surface area contributed by atoms with E-state index in [9.17, 15) is 18.3 Å². The number of carbonyl (C=O) groups is 1. The first-order valence-corrected chi connectivity index (χ1v) is 11.7. The second-order valence-corrected chi connectivity index (χ2v) is 10.1. The fraction of sp³-hybridized carbons (Fsp3) is 0.476. The topological polar surface area (TPSA) is 87.2 Å². The lowest BCUT2D eigenvalue weighted by atomic mass is 9.97. The van der Waals surface area contributed by atoms with Crippen LogP contribution in [0.1, 0.15) is 22.3 Å². The summed E-state index contributed by atoms with van der Waals surface area (Å²) in [5.74, 6) is 0.107. The van der Waals surface area contributed by atoms with E-state index in [2.05, 4.69) is 0 Å². The molecule has 0 spiro atoms. The van der Waals surface area contributed by atoms with Crippen molar-refractivity contribution >= 4 is 26.5 Å². The summed E-state index contributed by atoms with van der Waals surface area (Å²) in [5.41, 5.74) is 0.944. The largest absolute Gasteiger partial charge is 0.507 e. The molecular formula is C21H26N2O5S. The minimum Gasteiger partial charge on any atom is -0.507 e. The number of sulfone groups is 1. The van der Waals surface area contributed by atoms with Crippen LogP contribution in [-0.2, 0) is 21.1 Å². The molecule has 0 radical (unpaired) electrons. The van der Waals surface area contributed by atoms with E-state index in [1.54, 1.807) is 11.0 Å². The monoisotopic (exact) mass is 418 g/mol. The van der Waals surface area contributed by atoms with Crippen LogP contribution in [0.3, 0.4) is 0 Å². The summed E-state index contributed by atoms with van der Waals surface area (Å²) in [4.78, 5) is 16.7. The van der Waals surface area contributed by atoms with Crippen LogP contribution < -0.4 is 0 Å². The van der Waals surface area contributed by atoms with Gasteiger partial charge in [-0.3, -0.25) is 9.69 Å². The molecule has 29 heavy (non-hydrogen) atoms. The van der Waals surface area contributed by atoms with E-state index in [1.807, 2.05) is 36.2 Å². The standard InChI is InChI=1S/C21H26N2O5S/c1-22(16-6-11-29(26,27)14-16)13-19-17-5-3-2-4-15(17)12-18(20(19)24)21(25)23-7-9-28-10-8-23/h2-5,12,16,24H,6-11,13-14H2,1H3/t16-/m0/s1. The first kappa shape index (κ1) is 20.1. The highest BCUT2D eigenvalue weighted by Crippen LogP contribution is 2.34. The van der Waals surface area contributed by atoms with Crippen molar-refractivity contribution in [1.82, 2.24) is 9.80 Å². The number of aromatic hydroxyl groups is 1. The lowest BCUT2D eigenvalue weighted by molar-refractivity contribution is 0.0301. The normalized spacial score (nSPS) is 21.7. The third-order valence-corrected chi connectivity index (χ3v) is 7.65. The van der Waals surface area contributed by atoms with Gasteiger partial charge in [-0.05, 0) is 30.3 Å². The molecule has 2 aliphatic heterocycles. The molecule has 156 valence electrons. The number of hydrogen-bond acceptors (Lipinski definition) is 6. The first-order valence-electron chi connectivity index (χ1n) is 9.87. The maximum Gasteiger partial charge on any atom is 0.257 e. The lowest BCUT2D eigenvalue weighted by Crippen LogP contribution is -2.40. The zero-order valence-electron chi connectivity index (χ0n) is 16.5. The molecule has 2 aliphatic rings. The number of nitrogens with zero attached hydrogens (tertiary/aromatic N) is 2. The lowest BCUT2D eigenvalue weighted by Gasteiger charge is -2.28. The zero-order valence-corrected chi connectivity index (χ0v) is 17.3. The minimum atomic E-state index is -3.00. The Morgan fingerprint density at radius 2 is 2.00 bits per heavy atom. The van der Waals surface area contributed by atoms with Gasteiger partial charge in [-0.15, -0.1) is 0 Å². The van der Waals surface area contributed by atoms with Crippen LogP contribution in [0.2, 0.25) is 0 Å². The predicted octanol–water partition coefficient (Wildman–Crippen LogP) is 1.64. The maximum atomic E-state index is 13.1. The van der Waals surface area contributed by atoms with Crippen LogP contribution in [0.4, 0.5) is 0 Å². The van der Waals surface area contributed by atoms with E-state index < -0.39 is 9.84 Å². The van der Waals surface area contributed by atoms with Gasteiger partial charge in [0.1, 0.15) is 5.75 Å². The van der Waals surface area contributed by atoms with Crippen molar-refractivity contribution in [2.24, 2.45) is 0 Å². The highest BCUT2D eigenvalue weighted by molar-refractivity contribution is 7.91. The summed E-state index contributed by atoms with van der Waals surface area (Å²) in [7, 11) is -1.13. The van der Waals surface area contributed by atoms with Crippen molar-refractivity contribution < 1.29 is 23.1 Å². The Balaban J connectivity index is 1.70. The van der Waals surface area contributed by atoms with E-state index in [0.29, 0.717) is 44.8 Å². The van der Waals surface area contributed by atoms with Gasteiger partial charge in [-0.1, -0.05) is 24.3 Å². The number of carbonyl (C=O) groups excluding carboxylic acids is 1. The second-order valence-electron chi connectivity index (χ2n) is 7.85. The van der Waals surface area contributed by atoms with Crippen molar-refractivity contribution in [3.63, 3.8) is 0 Å². The quantitative estimate of drug-likeness (QED) is 0.812. The average Bonchev–Trinajstić information content (AvgIpc) is 3.10. The number of hydrogen-bond donors (Lipinski definition) is 1. The van der Waals surface area contributed by atoms with E-state index >= 15 is 0 Å². The van der Waals surface area contributed by atoms with Gasteiger partial charge in [0.2, 0.25) is 0 Å². The third kappa shape index (κ3) is 4.10. The van der Waals surface area contributed by atoms with Gasteiger partial charge in [0.25, 0.3) is 5.91 Å². The Labute approximate surface area is 170 Å². The number of fused-ring (bicyclic) bond motifs is 1. The van der Waals surface area contributed by atoms with Gasteiger partial charge >= 0.3 is 0 Å². The summed E-state index contributed by atoms with van der Waals surface area (Å²) in [6, 6.07) is 9.30. The number of ether oxygens (including phenoxy) is 1. The van der Waals surface area contributed by atoms with Gasteiger partial charge in [-0.25, -0.2) is 8.42 Å². The molecule has 1 N–H and O–H groups in total. The molecule has 2 fully saturated rings. The fourth-order valence-electron chi connectivity index (χ4n) is 4.17. The highest BCUT2D eigenvalue weighted by Gasteiger charge is 2.32. The summed E-state index contributed by atoms with van der Waals surface area (Å²) in [6.07, 6.45) is 0.587. The van der Waals surface area contributed by atoms with Gasteiger partial charge in [-0.2, -0.15) is 0 Å². The Morgan fingerprint density at radius 1 is 1.28 bits per heavy atom. The second kappa shape index (κ2) is 7.93. The number of amides is 1. The van der Waals surface area contributed by atoms with Crippen LogP contribution in [0.25, 0.3) is 10.8 Å². The van der Waals surface area contributed by atoms with Crippen LogP contribution in [0.15, 0.2) is 30.3 Å². The van der Waals surface area contributed by atoms with E-state index in [-0.39, 0.29) is 34.8 Å². The fourth-order valence-corrected chi connectivity index (χ4v) is 5.98. The van der Waals surface area contributed by atoms with Crippen molar-refractivity contribution in [2.45, 2.75) is 19.0 Å². The molecule has 4 rings (SSSR count). The average molecular weight is 419 g/mol. The molecule has 0 bridgehead atoms. The molecule has 0 saturated carbocycles. The minimum absolute atomic E-state index is 0.0205. The molecule has 8 heteroatoms. The number of rotatable bonds is 4. The summed E-state index contributed by atoms with van der Waals surface area (Å²) in [6.45, 7) is 2.36. The first-order chi connectivity index (χ1) is 13.9. The molecule has 2 aromatic carbocycles. The Kier molecular flexibility index (Phi) is 5.50. The summed E-state index contributed by atoms with van der Waals surface area (Å²) in [5, 5.41) is 12.8. The maximum absolute atomic E-state index is 13.1. The van der Waals surface area contributed by atoms with Crippen molar-refractivity contribution in [3.05, 3.63) is 41.5 Å². The van der Waals surface area contributed by atoms with Crippen LogP contribution in [0, 0.1) is 0 Å². The molecule has 2 saturated heterocycles. The smallest absolute Gasteiger partial charge is 0.257 e. The summed E-state index contributed by atoms with van der Waals surface area (Å²) < 4.78 is 29.0. The predicted molar refractivity (Wildman–Crippen MR) is 111 cm³/mol. The van der Waals surface area contributed by atoms with E-state index in [4.69, 9.17) is 4.74 Å². The van der Waals surface area contributed by atoms with Crippen LogP contribution in [-0.4, -0.2) is 80.1 Å². The van der Waals surface area contributed by atoms with Gasteiger partial charge in [0, 0.05) is 31.2 Å². The molecular weight excluding hydrogens is 392 g/mol. The number of phenolic OH excluding ortho intramolecular Hbond substituents is 1. The Hall–Kier alpha value is -2.16.